The molecule has 124 valence electrons. The minimum Gasteiger partial charge on any atom is -0.481 e. The highest BCUT2D eigenvalue weighted by atomic mass is 32.2. The maximum atomic E-state index is 11.3. The first-order valence-corrected chi connectivity index (χ1v) is 8.85. The molecule has 6 nitrogen and oxygen atoms in total. The van der Waals surface area contributed by atoms with Gasteiger partial charge >= 0.3 is 5.97 Å². The molecule has 0 unspecified atom stereocenters. The Labute approximate surface area is 135 Å². The van der Waals surface area contributed by atoms with Crippen LogP contribution in [0.25, 0.3) is 10.9 Å². The van der Waals surface area contributed by atoms with Gasteiger partial charge in [-0.15, -0.1) is 0 Å². The molecule has 23 heavy (non-hydrogen) atoms. The third-order valence-corrected chi connectivity index (χ3v) is 4.64. The largest absolute Gasteiger partial charge is 0.481 e. The summed E-state index contributed by atoms with van der Waals surface area (Å²) in [7, 11) is -4.22. The number of carboxylic acids is 1. The van der Waals surface area contributed by atoms with Gasteiger partial charge in [0.25, 0.3) is 10.1 Å². The maximum absolute atomic E-state index is 11.3. The van der Waals surface area contributed by atoms with Crippen molar-refractivity contribution < 1.29 is 27.4 Å². The van der Waals surface area contributed by atoms with Crippen LogP contribution >= 0.6 is 0 Å². The third kappa shape index (κ3) is 4.49. The number of hydrogen-bond acceptors (Lipinski definition) is 3. The van der Waals surface area contributed by atoms with Crippen LogP contribution in [0.2, 0.25) is 0 Å². The van der Waals surface area contributed by atoms with Crippen molar-refractivity contribution in [3.63, 3.8) is 0 Å². The smallest absolute Gasteiger partial charge is 0.303 e. The second-order valence-electron chi connectivity index (χ2n) is 5.55. The number of carboxylic acid groups (broad SMARTS) is 1. The number of benzene rings is 1. The van der Waals surface area contributed by atoms with Crippen LogP contribution in [-0.2, 0) is 21.5 Å². The van der Waals surface area contributed by atoms with Gasteiger partial charge in [0.2, 0.25) is 5.52 Å². The van der Waals surface area contributed by atoms with Crippen LogP contribution in [0.3, 0.4) is 0 Å². The first kappa shape index (κ1) is 17.4. The summed E-state index contributed by atoms with van der Waals surface area (Å²) in [6.45, 7) is 2.61. The quantitative estimate of drug-likeness (QED) is 0.459. The molecule has 0 aliphatic rings. The average molecular weight is 338 g/mol. The van der Waals surface area contributed by atoms with E-state index in [0.29, 0.717) is 6.42 Å². The second-order valence-corrected chi connectivity index (χ2v) is 6.97. The molecule has 2 N–H and O–H groups in total. The summed E-state index contributed by atoms with van der Waals surface area (Å²) >= 11 is 0. The van der Waals surface area contributed by atoms with E-state index in [9.17, 15) is 17.8 Å². The maximum Gasteiger partial charge on any atom is 0.303 e. The molecule has 1 aromatic heterocycles. The zero-order valence-corrected chi connectivity index (χ0v) is 13.7. The molecule has 2 aromatic rings. The Morgan fingerprint density at radius 3 is 2.57 bits per heavy atom. The molecular weight excluding hydrogens is 318 g/mol. The summed E-state index contributed by atoms with van der Waals surface area (Å²) in [6.07, 6.45) is 4.42. The fourth-order valence-electron chi connectivity index (χ4n) is 2.54. The summed E-state index contributed by atoms with van der Waals surface area (Å²) in [4.78, 5) is 10.4. The van der Waals surface area contributed by atoms with E-state index >= 15 is 0 Å². The van der Waals surface area contributed by atoms with E-state index in [1.165, 1.54) is 12.1 Å². The monoisotopic (exact) mass is 338 g/mol. The van der Waals surface area contributed by atoms with Gasteiger partial charge in [0.05, 0.1) is 10.3 Å². The number of hydrogen-bond donors (Lipinski definition) is 2. The average Bonchev–Trinajstić information content (AvgIpc) is 2.47. The predicted octanol–water partition coefficient (Wildman–Crippen LogP) is 2.33. The molecule has 1 heterocycles. The van der Waals surface area contributed by atoms with Crippen molar-refractivity contribution in [1.82, 2.24) is 0 Å². The van der Waals surface area contributed by atoms with Gasteiger partial charge < -0.3 is 5.11 Å². The van der Waals surface area contributed by atoms with Crippen molar-refractivity contribution >= 4 is 27.0 Å². The second kappa shape index (κ2) is 7.06. The van der Waals surface area contributed by atoms with Crippen LogP contribution < -0.4 is 4.57 Å². The summed E-state index contributed by atoms with van der Waals surface area (Å²) in [5, 5.41) is 9.39. The number of aromatic nitrogens is 1. The fraction of sp³-hybridized carbons (Fsp3) is 0.375. The van der Waals surface area contributed by atoms with Gasteiger partial charge in [-0.25, -0.2) is 0 Å². The highest BCUT2D eigenvalue weighted by Gasteiger charge is 2.16. The van der Waals surface area contributed by atoms with Crippen LogP contribution in [0.1, 0.15) is 31.2 Å². The molecule has 1 aromatic carbocycles. The minimum absolute atomic E-state index is 0.118. The summed E-state index contributed by atoms with van der Waals surface area (Å²) in [5.74, 6) is -0.781. The number of fused-ring (bicyclic) bond motifs is 1. The van der Waals surface area contributed by atoms with Gasteiger partial charge in [-0.3, -0.25) is 9.35 Å². The van der Waals surface area contributed by atoms with E-state index in [4.69, 9.17) is 5.11 Å². The van der Waals surface area contributed by atoms with E-state index in [2.05, 4.69) is 0 Å². The van der Waals surface area contributed by atoms with Crippen molar-refractivity contribution in [2.45, 2.75) is 44.0 Å². The van der Waals surface area contributed by atoms with Crippen molar-refractivity contribution in [3.8, 4) is 0 Å². The summed E-state index contributed by atoms with van der Waals surface area (Å²) in [5.41, 5.74) is 1.81. The number of carbonyl (C=O) groups is 1. The molecule has 0 saturated carbocycles. The van der Waals surface area contributed by atoms with Crippen molar-refractivity contribution in [1.29, 1.82) is 0 Å². The Morgan fingerprint density at radius 2 is 1.91 bits per heavy atom. The molecule has 0 radical (unpaired) electrons. The van der Waals surface area contributed by atoms with Crippen LogP contribution in [0.5, 0.6) is 0 Å². The van der Waals surface area contributed by atoms with E-state index in [-0.39, 0.29) is 11.3 Å². The standard InChI is InChI=1S/C16H19NO5S/c1-12-8-10-17(9-4-2-3-5-16(18)19)15-7-6-13(11-14(12)15)23(20,21)22/h6-8,10-11H,2-5,9H2,1H3,(H-,18,19,20,21,22)/p+1. The Bertz CT molecular complexity index is 830. The number of rotatable bonds is 7. The van der Waals surface area contributed by atoms with Crippen molar-refractivity contribution in [2.24, 2.45) is 0 Å². The van der Waals surface area contributed by atoms with Gasteiger partial charge in [-0.2, -0.15) is 13.0 Å². The zero-order chi connectivity index (χ0) is 17.0. The van der Waals surface area contributed by atoms with Crippen LogP contribution in [-0.4, -0.2) is 24.0 Å². The van der Waals surface area contributed by atoms with Gasteiger partial charge in [-0.05, 0) is 37.5 Å². The van der Waals surface area contributed by atoms with E-state index in [1.54, 1.807) is 6.07 Å². The topological polar surface area (TPSA) is 95.5 Å². The third-order valence-electron chi connectivity index (χ3n) is 3.79. The minimum atomic E-state index is -4.22. The number of unbranched alkanes of at least 4 members (excludes halogenated alkanes) is 2. The lowest BCUT2D eigenvalue weighted by atomic mass is 10.1. The predicted molar refractivity (Wildman–Crippen MR) is 84.8 cm³/mol. The Hall–Kier alpha value is -1.99. The van der Waals surface area contributed by atoms with Crippen molar-refractivity contribution in [2.75, 3.05) is 0 Å². The number of aryl methyl sites for hydroxylation is 2. The molecule has 0 saturated heterocycles. The lowest BCUT2D eigenvalue weighted by Gasteiger charge is -2.05. The molecule has 7 heteroatoms. The van der Waals surface area contributed by atoms with E-state index in [1.807, 2.05) is 23.8 Å². The van der Waals surface area contributed by atoms with Gasteiger partial charge in [0.1, 0.15) is 6.54 Å². The van der Waals surface area contributed by atoms with E-state index in [0.717, 1.165) is 35.9 Å². The SMILES string of the molecule is Cc1cc[n+](CCCCCC(=O)O)c2ccc(S(=O)(=O)O)cc12. The van der Waals surface area contributed by atoms with Crippen molar-refractivity contribution in [3.05, 3.63) is 36.0 Å². The number of aliphatic carboxylic acids is 1. The Balaban J connectivity index is 2.21. The molecule has 0 spiro atoms. The molecule has 0 amide bonds. The number of nitrogens with zero attached hydrogens (tertiary/aromatic N) is 1. The molecule has 0 fully saturated rings. The van der Waals surface area contributed by atoms with E-state index < -0.39 is 16.1 Å². The van der Waals surface area contributed by atoms with Crippen LogP contribution in [0, 0.1) is 6.92 Å². The summed E-state index contributed by atoms with van der Waals surface area (Å²) < 4.78 is 33.7. The Kier molecular flexibility index (Phi) is 5.33. The highest BCUT2D eigenvalue weighted by Crippen LogP contribution is 2.20. The molecule has 0 atom stereocenters. The lowest BCUT2D eigenvalue weighted by molar-refractivity contribution is -0.671. The Morgan fingerprint density at radius 1 is 1.17 bits per heavy atom. The van der Waals surface area contributed by atoms with Gasteiger partial charge in [-0.1, -0.05) is 0 Å². The van der Waals surface area contributed by atoms with Gasteiger partial charge in [0.15, 0.2) is 6.20 Å². The fourth-order valence-corrected chi connectivity index (χ4v) is 3.05. The number of pyridine rings is 1. The van der Waals surface area contributed by atoms with Crippen LogP contribution in [0.4, 0.5) is 0 Å². The molecule has 0 bridgehead atoms. The molecule has 0 aliphatic carbocycles. The highest BCUT2D eigenvalue weighted by molar-refractivity contribution is 7.85. The van der Waals surface area contributed by atoms with Crippen LogP contribution in [0.15, 0.2) is 35.4 Å². The lowest BCUT2D eigenvalue weighted by Crippen LogP contribution is -2.34. The normalized spacial score (nSPS) is 11.7. The first-order chi connectivity index (χ1) is 10.8. The summed E-state index contributed by atoms with van der Waals surface area (Å²) in [6, 6.07) is 6.44. The molecule has 2 rings (SSSR count). The van der Waals surface area contributed by atoms with Gasteiger partial charge in [0, 0.05) is 25.0 Å². The molecular formula is C16H20NO5S+. The first-order valence-electron chi connectivity index (χ1n) is 7.41. The zero-order valence-electron chi connectivity index (χ0n) is 12.9. The molecule has 0 aliphatic heterocycles.